The van der Waals surface area contributed by atoms with Gasteiger partial charge >= 0.3 is 11.9 Å². The van der Waals surface area contributed by atoms with Crippen molar-refractivity contribution in [3.63, 3.8) is 0 Å². The van der Waals surface area contributed by atoms with Crippen LogP contribution in [-0.4, -0.2) is 116 Å². The van der Waals surface area contributed by atoms with Crippen molar-refractivity contribution in [2.75, 3.05) is 64.4 Å². The third kappa shape index (κ3) is 39.5. The van der Waals surface area contributed by atoms with Crippen LogP contribution >= 0.6 is 11.8 Å². The summed E-state index contributed by atoms with van der Waals surface area (Å²) in [6.07, 6.45) is 15.8. The van der Waals surface area contributed by atoms with Crippen molar-refractivity contribution >= 4 is 47.0 Å². The Morgan fingerprint density at radius 1 is 0.525 bits per heavy atom. The summed E-state index contributed by atoms with van der Waals surface area (Å²) in [5.41, 5.74) is -0.924. The number of aliphatic carboxylic acids is 1. The number of carboxylic acids is 1. The number of ether oxygens (including phenoxy) is 5. The van der Waals surface area contributed by atoms with Gasteiger partial charge in [0.25, 0.3) is 0 Å². The molecule has 0 rings (SSSR count). The van der Waals surface area contributed by atoms with Crippen LogP contribution in [0.2, 0.25) is 0 Å². The molecule has 0 heterocycles. The molecule has 344 valence electrons. The second-order valence-electron chi connectivity index (χ2n) is 17.2. The van der Waals surface area contributed by atoms with Crippen molar-refractivity contribution in [1.29, 1.82) is 0 Å². The maximum absolute atomic E-state index is 12.9. The average Bonchev–Trinajstić information content (AvgIpc) is 3.14. The molecule has 0 aromatic rings. The van der Waals surface area contributed by atoms with Gasteiger partial charge in [-0.1, -0.05) is 59.3 Å². The number of thioether (sulfide) groups is 1. The third-order valence-electron chi connectivity index (χ3n) is 9.18. The molecule has 13 nitrogen and oxygen atoms in total. The largest absolute Gasteiger partial charge is 0.480 e. The third-order valence-corrected chi connectivity index (χ3v) is 10.3. The average molecular weight is 860 g/mol. The Morgan fingerprint density at radius 2 is 1.00 bits per heavy atom. The first-order valence-corrected chi connectivity index (χ1v) is 23.4. The summed E-state index contributed by atoms with van der Waals surface area (Å²) >= 11 is 2.01. The predicted octanol–water partition coefficient (Wildman–Crippen LogP) is 8.25. The summed E-state index contributed by atoms with van der Waals surface area (Å²) in [6, 6.07) is -0.858. The first kappa shape index (κ1) is 56.6. The molecule has 14 heteroatoms. The summed E-state index contributed by atoms with van der Waals surface area (Å²) in [7, 11) is 0. The van der Waals surface area contributed by atoms with Crippen LogP contribution in [0.25, 0.3) is 0 Å². The number of hydrogen-bond donors (Lipinski definition) is 2. The molecule has 0 fully saturated rings. The van der Waals surface area contributed by atoms with Gasteiger partial charge in [-0.05, 0) is 90.1 Å². The molecule has 1 unspecified atom stereocenters. The van der Waals surface area contributed by atoms with E-state index in [0.717, 1.165) is 50.7 Å². The van der Waals surface area contributed by atoms with E-state index in [1.807, 2.05) is 32.5 Å². The Morgan fingerprint density at radius 3 is 1.53 bits per heavy atom. The summed E-state index contributed by atoms with van der Waals surface area (Å²) in [4.78, 5) is 72.2. The standard InChI is InChI=1S/C45H81NO12S/c1-44(2,3)40(49)23-13-9-7-11-19-33-59-34-20-12-8-10-14-24-41(50)46-39(43(53)58-45(4,5)6)26-25-37(47)21-15-17-27-54-29-31-56-32-30-55-28-18-16-22-38(48)35-57-36-42(51)52/h39H,7-36H2,1-6H3,(H,46,50)(H,51,52). The monoisotopic (exact) mass is 860 g/mol. The van der Waals surface area contributed by atoms with E-state index in [-0.39, 0.29) is 42.3 Å². The van der Waals surface area contributed by atoms with E-state index in [4.69, 9.17) is 28.8 Å². The quantitative estimate of drug-likeness (QED) is 0.0444. The molecule has 0 saturated carbocycles. The van der Waals surface area contributed by atoms with E-state index in [9.17, 15) is 28.8 Å². The molecule has 0 aromatic carbocycles. The first-order valence-electron chi connectivity index (χ1n) is 22.2. The molecular weight excluding hydrogens is 779 g/mol. The Hall–Kier alpha value is -2.39. The van der Waals surface area contributed by atoms with Gasteiger partial charge in [0, 0.05) is 50.7 Å². The second kappa shape index (κ2) is 36.3. The molecule has 0 saturated heterocycles. The zero-order chi connectivity index (χ0) is 44.2. The van der Waals surface area contributed by atoms with Crippen molar-refractivity contribution in [2.24, 2.45) is 5.41 Å². The Bertz CT molecular complexity index is 1150. The summed E-state index contributed by atoms with van der Waals surface area (Å²) in [5, 5.41) is 11.3. The van der Waals surface area contributed by atoms with Gasteiger partial charge in [-0.3, -0.25) is 19.2 Å². The molecular formula is C45H81NO12S. The number of ketones is 3. The molecule has 0 bridgehead atoms. The molecule has 59 heavy (non-hydrogen) atoms. The number of hydrogen-bond acceptors (Lipinski definition) is 12. The van der Waals surface area contributed by atoms with Gasteiger partial charge in [0.1, 0.15) is 36.4 Å². The number of carbonyl (C=O) groups excluding carboxylic acids is 5. The fourth-order valence-corrected chi connectivity index (χ4v) is 6.78. The van der Waals surface area contributed by atoms with Gasteiger partial charge in [0.15, 0.2) is 5.78 Å². The van der Waals surface area contributed by atoms with Crippen molar-refractivity contribution in [3.05, 3.63) is 0 Å². The second-order valence-corrected chi connectivity index (χ2v) is 18.5. The molecule has 1 atom stereocenters. The van der Waals surface area contributed by atoms with E-state index in [1.165, 1.54) is 31.4 Å². The van der Waals surface area contributed by atoms with Crippen LogP contribution in [0.3, 0.4) is 0 Å². The van der Waals surface area contributed by atoms with Crippen LogP contribution in [0.15, 0.2) is 0 Å². The van der Waals surface area contributed by atoms with E-state index in [1.54, 1.807) is 20.8 Å². The Kier molecular flexibility index (Phi) is 34.8. The minimum atomic E-state index is -1.10. The highest BCUT2D eigenvalue weighted by Gasteiger charge is 2.27. The SMILES string of the molecule is CC(C)(C)OC(=O)C(CCC(=O)CCCCOCCOCCOCCCCC(=O)COCC(=O)O)NC(=O)CCCCCCCSCCCCCCCC(=O)C(C)(C)C. The van der Waals surface area contributed by atoms with Gasteiger partial charge in [-0.15, -0.1) is 0 Å². The van der Waals surface area contributed by atoms with Crippen LogP contribution in [-0.2, 0) is 52.5 Å². The number of Topliss-reactive ketones (excluding diaryl/α,β-unsaturated/α-hetero) is 3. The van der Waals surface area contributed by atoms with Crippen molar-refractivity contribution in [2.45, 2.75) is 182 Å². The van der Waals surface area contributed by atoms with Crippen molar-refractivity contribution in [1.82, 2.24) is 5.32 Å². The topological polar surface area (TPSA) is 181 Å². The summed E-state index contributed by atoms with van der Waals surface area (Å²) in [5.74, 6) is 0.809. The van der Waals surface area contributed by atoms with Gasteiger partial charge in [-0.25, -0.2) is 9.59 Å². The number of nitrogens with one attached hydrogen (secondary N) is 1. The maximum Gasteiger partial charge on any atom is 0.329 e. The normalized spacial score (nSPS) is 12.3. The number of carboxylic acid groups (broad SMARTS) is 1. The highest BCUT2D eigenvalue weighted by molar-refractivity contribution is 7.99. The molecule has 0 spiro atoms. The number of rotatable bonds is 41. The number of amides is 1. The predicted molar refractivity (Wildman–Crippen MR) is 233 cm³/mol. The molecule has 0 aromatic heterocycles. The Labute approximate surface area is 360 Å². The molecule has 0 aliphatic rings. The van der Waals surface area contributed by atoms with Gasteiger partial charge in [0.05, 0.1) is 26.4 Å². The highest BCUT2D eigenvalue weighted by atomic mass is 32.2. The number of esters is 1. The van der Waals surface area contributed by atoms with Crippen LogP contribution in [0.4, 0.5) is 0 Å². The Balaban J connectivity index is 3.96. The highest BCUT2D eigenvalue weighted by Crippen LogP contribution is 2.20. The number of unbranched alkanes of at least 4 members (excludes halogenated alkanes) is 10. The van der Waals surface area contributed by atoms with Gasteiger partial charge < -0.3 is 34.1 Å². The van der Waals surface area contributed by atoms with E-state index >= 15 is 0 Å². The molecule has 0 radical (unpaired) electrons. The summed E-state index contributed by atoms with van der Waals surface area (Å²) in [6.45, 7) is 13.4. The molecule has 2 N–H and O–H groups in total. The van der Waals surface area contributed by atoms with Gasteiger partial charge in [0.2, 0.25) is 5.91 Å². The lowest BCUT2D eigenvalue weighted by atomic mass is 9.88. The van der Waals surface area contributed by atoms with Crippen molar-refractivity contribution < 1.29 is 57.6 Å². The number of carbonyl (C=O) groups is 6. The van der Waals surface area contributed by atoms with E-state index in [0.29, 0.717) is 90.4 Å². The van der Waals surface area contributed by atoms with Crippen LogP contribution in [0.1, 0.15) is 170 Å². The summed E-state index contributed by atoms with van der Waals surface area (Å²) < 4.78 is 26.9. The lowest BCUT2D eigenvalue weighted by Crippen LogP contribution is -2.44. The van der Waals surface area contributed by atoms with Crippen molar-refractivity contribution in [3.8, 4) is 0 Å². The lowest BCUT2D eigenvalue weighted by Gasteiger charge is -2.24. The minimum Gasteiger partial charge on any atom is -0.480 e. The molecule has 0 aliphatic carbocycles. The smallest absolute Gasteiger partial charge is 0.329 e. The van der Waals surface area contributed by atoms with E-state index < -0.39 is 30.2 Å². The zero-order valence-corrected chi connectivity index (χ0v) is 38.5. The van der Waals surface area contributed by atoms with Crippen LogP contribution in [0.5, 0.6) is 0 Å². The lowest BCUT2D eigenvalue weighted by molar-refractivity contribution is -0.159. The maximum atomic E-state index is 12.9. The van der Waals surface area contributed by atoms with Crippen LogP contribution < -0.4 is 5.32 Å². The van der Waals surface area contributed by atoms with Crippen LogP contribution in [0, 0.1) is 5.41 Å². The fraction of sp³-hybridized carbons (Fsp3) is 0.867. The first-order chi connectivity index (χ1) is 28.0. The van der Waals surface area contributed by atoms with Gasteiger partial charge in [-0.2, -0.15) is 11.8 Å². The zero-order valence-electron chi connectivity index (χ0n) is 37.6. The molecule has 0 aliphatic heterocycles. The fourth-order valence-electron chi connectivity index (χ4n) is 5.75. The minimum absolute atomic E-state index is 0.0338. The molecule has 1 amide bonds. The van der Waals surface area contributed by atoms with E-state index in [2.05, 4.69) is 5.32 Å².